The van der Waals surface area contributed by atoms with Crippen molar-refractivity contribution in [3.8, 4) is 0 Å². The van der Waals surface area contributed by atoms with Gasteiger partial charge in [0.1, 0.15) is 6.04 Å². The number of carbonyl (C=O) groups excluding carboxylic acids is 1. The quantitative estimate of drug-likeness (QED) is 0.886. The summed E-state index contributed by atoms with van der Waals surface area (Å²) in [6.07, 6.45) is -4.35. The highest BCUT2D eigenvalue weighted by Gasteiger charge is 2.43. The third-order valence-corrected chi connectivity index (χ3v) is 4.39. The number of hydrogen-bond acceptors (Lipinski definition) is 4. The Morgan fingerprint density at radius 1 is 1.43 bits per heavy atom. The van der Waals surface area contributed by atoms with Crippen LogP contribution < -0.4 is 10.6 Å². The molecule has 0 aliphatic carbocycles. The maximum absolute atomic E-state index is 13.2. The first-order valence-corrected chi connectivity index (χ1v) is 7.66. The van der Waals surface area contributed by atoms with Crippen LogP contribution in [0.15, 0.2) is 10.8 Å². The zero-order valence-corrected chi connectivity index (χ0v) is 12.5. The average molecular weight is 321 g/mol. The topological polar surface area (TPSA) is 44.4 Å². The molecule has 2 heterocycles. The molecule has 0 radical (unpaired) electrons. The molecule has 4 nitrogen and oxygen atoms in total. The fourth-order valence-corrected chi connectivity index (χ4v) is 3.15. The molecule has 0 saturated carbocycles. The summed E-state index contributed by atoms with van der Waals surface area (Å²) >= 11 is 1.36. The summed E-state index contributed by atoms with van der Waals surface area (Å²) in [6.45, 7) is 3.07. The van der Waals surface area contributed by atoms with Crippen molar-refractivity contribution >= 4 is 17.2 Å². The molecule has 1 aliphatic heterocycles. The maximum Gasteiger partial charge on any atom is 0.405 e. The van der Waals surface area contributed by atoms with Crippen LogP contribution in [0.1, 0.15) is 15.9 Å². The van der Waals surface area contributed by atoms with Crippen LogP contribution in [0.5, 0.6) is 0 Å². The van der Waals surface area contributed by atoms with Crippen molar-refractivity contribution in [2.24, 2.45) is 0 Å². The lowest BCUT2D eigenvalue weighted by Gasteiger charge is -2.35. The summed E-state index contributed by atoms with van der Waals surface area (Å²) in [5, 5.41) is 8.89. The summed E-state index contributed by atoms with van der Waals surface area (Å²) in [5.41, 5.74) is 1.23. The van der Waals surface area contributed by atoms with Gasteiger partial charge in [-0.3, -0.25) is 9.69 Å². The molecule has 1 unspecified atom stereocenters. The molecule has 118 valence electrons. The maximum atomic E-state index is 13.2. The zero-order chi connectivity index (χ0) is 15.5. The van der Waals surface area contributed by atoms with E-state index in [1.807, 2.05) is 0 Å². The van der Waals surface area contributed by atoms with Crippen LogP contribution in [-0.2, 0) is 0 Å². The second kappa shape index (κ2) is 6.76. The van der Waals surface area contributed by atoms with Crippen LogP contribution in [0, 0.1) is 6.92 Å². The van der Waals surface area contributed by atoms with Crippen molar-refractivity contribution in [2.45, 2.75) is 19.1 Å². The van der Waals surface area contributed by atoms with Gasteiger partial charge in [0.2, 0.25) is 0 Å². The van der Waals surface area contributed by atoms with Gasteiger partial charge < -0.3 is 10.6 Å². The van der Waals surface area contributed by atoms with Gasteiger partial charge in [-0.15, -0.1) is 0 Å². The van der Waals surface area contributed by atoms with Gasteiger partial charge in [-0.1, -0.05) is 0 Å². The largest absolute Gasteiger partial charge is 0.405 e. The lowest BCUT2D eigenvalue weighted by Crippen LogP contribution is -2.57. The van der Waals surface area contributed by atoms with Crippen LogP contribution in [0.2, 0.25) is 0 Å². The van der Waals surface area contributed by atoms with E-state index < -0.39 is 24.7 Å². The second-order valence-electron chi connectivity index (χ2n) is 5.02. The minimum atomic E-state index is -4.35. The molecule has 0 bridgehead atoms. The Morgan fingerprint density at radius 2 is 2.10 bits per heavy atom. The standard InChI is InChI=1S/C13H18F3N3OS/c1-9-7-21-8-10(9)12(20)18-6-11(13(14,15)16)19-4-2-17-3-5-19/h7-8,11,17H,2-6H2,1H3,(H,18,20). The number of carbonyl (C=O) groups is 1. The third kappa shape index (κ3) is 4.18. The normalized spacial score (nSPS) is 18.5. The van der Waals surface area contributed by atoms with Gasteiger partial charge in [0.25, 0.3) is 5.91 Å². The number of alkyl halides is 3. The summed E-state index contributed by atoms with van der Waals surface area (Å²) in [4.78, 5) is 13.3. The summed E-state index contributed by atoms with van der Waals surface area (Å²) < 4.78 is 39.5. The number of amides is 1. The Bertz CT molecular complexity index is 483. The molecule has 0 spiro atoms. The molecule has 1 aromatic heterocycles. The molecule has 1 amide bonds. The van der Waals surface area contributed by atoms with Gasteiger partial charge in [0.05, 0.1) is 5.56 Å². The molecule has 1 saturated heterocycles. The van der Waals surface area contributed by atoms with Gasteiger partial charge in [-0.25, -0.2) is 0 Å². The van der Waals surface area contributed by atoms with E-state index >= 15 is 0 Å². The van der Waals surface area contributed by atoms with Crippen LogP contribution in [0.4, 0.5) is 13.2 Å². The Morgan fingerprint density at radius 3 is 2.62 bits per heavy atom. The molecule has 1 aliphatic rings. The smallest absolute Gasteiger partial charge is 0.350 e. The van der Waals surface area contributed by atoms with E-state index in [-0.39, 0.29) is 0 Å². The summed E-state index contributed by atoms with van der Waals surface area (Å²) in [5.74, 6) is -0.446. The number of hydrogen-bond donors (Lipinski definition) is 2. The third-order valence-electron chi connectivity index (χ3n) is 3.53. The van der Waals surface area contributed by atoms with E-state index in [1.165, 1.54) is 16.2 Å². The molecule has 1 aromatic rings. The summed E-state index contributed by atoms with van der Waals surface area (Å²) in [6, 6.07) is -1.64. The zero-order valence-electron chi connectivity index (χ0n) is 11.7. The highest BCUT2D eigenvalue weighted by molar-refractivity contribution is 7.08. The molecule has 2 rings (SSSR count). The fraction of sp³-hybridized carbons (Fsp3) is 0.615. The first-order chi connectivity index (χ1) is 9.89. The second-order valence-corrected chi connectivity index (χ2v) is 5.77. The number of aryl methyl sites for hydroxylation is 1. The monoisotopic (exact) mass is 321 g/mol. The van der Waals surface area contributed by atoms with E-state index in [0.29, 0.717) is 31.7 Å². The Kier molecular flexibility index (Phi) is 5.23. The van der Waals surface area contributed by atoms with Gasteiger partial charge in [-0.2, -0.15) is 24.5 Å². The fourth-order valence-electron chi connectivity index (χ4n) is 2.32. The van der Waals surface area contributed by atoms with Gasteiger partial charge >= 0.3 is 6.18 Å². The lowest BCUT2D eigenvalue weighted by atomic mass is 10.1. The molecular weight excluding hydrogens is 303 g/mol. The molecule has 21 heavy (non-hydrogen) atoms. The molecule has 1 fully saturated rings. The van der Waals surface area contributed by atoms with Crippen LogP contribution in [0.3, 0.4) is 0 Å². The molecular formula is C13H18F3N3OS. The van der Waals surface area contributed by atoms with E-state index in [1.54, 1.807) is 17.7 Å². The van der Waals surface area contributed by atoms with Crippen molar-refractivity contribution in [3.63, 3.8) is 0 Å². The number of nitrogens with zero attached hydrogens (tertiary/aromatic N) is 1. The lowest BCUT2D eigenvalue weighted by molar-refractivity contribution is -0.183. The minimum Gasteiger partial charge on any atom is -0.350 e. The SMILES string of the molecule is Cc1cscc1C(=O)NCC(N1CCNCC1)C(F)(F)F. The molecule has 1 atom stereocenters. The highest BCUT2D eigenvalue weighted by atomic mass is 32.1. The number of nitrogens with one attached hydrogen (secondary N) is 2. The molecule has 0 aromatic carbocycles. The average Bonchev–Trinajstić information content (AvgIpc) is 2.85. The number of halogens is 3. The van der Waals surface area contributed by atoms with Gasteiger partial charge in [0, 0.05) is 38.1 Å². The molecule has 8 heteroatoms. The minimum absolute atomic E-state index is 0.331. The van der Waals surface area contributed by atoms with Crippen molar-refractivity contribution < 1.29 is 18.0 Å². The first-order valence-electron chi connectivity index (χ1n) is 6.72. The number of rotatable bonds is 4. The van der Waals surface area contributed by atoms with Crippen molar-refractivity contribution in [1.29, 1.82) is 0 Å². The predicted molar refractivity (Wildman–Crippen MR) is 75.7 cm³/mol. The number of piperazine rings is 1. The van der Waals surface area contributed by atoms with Crippen molar-refractivity contribution in [1.82, 2.24) is 15.5 Å². The Balaban J connectivity index is 1.99. The van der Waals surface area contributed by atoms with Gasteiger partial charge in [0.15, 0.2) is 0 Å². The molecule has 2 N–H and O–H groups in total. The first kappa shape index (κ1) is 16.3. The van der Waals surface area contributed by atoms with E-state index in [2.05, 4.69) is 10.6 Å². The highest BCUT2D eigenvalue weighted by Crippen LogP contribution is 2.25. The predicted octanol–water partition coefficient (Wildman–Crippen LogP) is 1.62. The Labute approximate surface area is 125 Å². The van der Waals surface area contributed by atoms with Crippen LogP contribution in [0.25, 0.3) is 0 Å². The van der Waals surface area contributed by atoms with E-state index in [4.69, 9.17) is 0 Å². The summed E-state index contributed by atoms with van der Waals surface area (Å²) in [7, 11) is 0. The van der Waals surface area contributed by atoms with Crippen LogP contribution >= 0.6 is 11.3 Å². The van der Waals surface area contributed by atoms with Crippen LogP contribution in [-0.4, -0.2) is 55.7 Å². The Hall–Kier alpha value is -1.12. The van der Waals surface area contributed by atoms with E-state index in [9.17, 15) is 18.0 Å². The van der Waals surface area contributed by atoms with Crippen molar-refractivity contribution in [3.05, 3.63) is 21.9 Å². The number of thiophene rings is 1. The van der Waals surface area contributed by atoms with E-state index in [0.717, 1.165) is 5.56 Å². The van der Waals surface area contributed by atoms with Crippen molar-refractivity contribution in [2.75, 3.05) is 32.7 Å². The van der Waals surface area contributed by atoms with Gasteiger partial charge in [-0.05, 0) is 17.9 Å².